The molecule has 3 aliphatic rings. The number of rotatable bonds is 5. The second-order valence-electron chi connectivity index (χ2n) is 8.42. The van der Waals surface area contributed by atoms with Gasteiger partial charge in [0.1, 0.15) is 5.82 Å². The minimum Gasteiger partial charge on any atom is -0.339 e. The highest BCUT2D eigenvalue weighted by Gasteiger charge is 2.36. The minimum atomic E-state index is 0.275. The summed E-state index contributed by atoms with van der Waals surface area (Å²) in [5, 5.41) is 9.78. The number of nitrogens with zero attached hydrogens (tertiary/aromatic N) is 4. The van der Waals surface area contributed by atoms with E-state index in [2.05, 4.69) is 31.8 Å². The quantitative estimate of drug-likeness (QED) is 0.702. The fourth-order valence-electron chi connectivity index (χ4n) is 4.94. The van der Waals surface area contributed by atoms with Gasteiger partial charge < -0.3 is 4.90 Å². The third kappa shape index (κ3) is 3.59. The van der Waals surface area contributed by atoms with E-state index in [1.54, 1.807) is 11.8 Å². The van der Waals surface area contributed by atoms with Gasteiger partial charge in [0, 0.05) is 24.2 Å². The summed E-state index contributed by atoms with van der Waals surface area (Å²) in [5.41, 5.74) is 1.09. The van der Waals surface area contributed by atoms with Crippen LogP contribution >= 0.6 is 11.8 Å². The fraction of sp³-hybridized carbons (Fsp3) is 0.591. The lowest BCUT2D eigenvalue weighted by atomic mass is 9.78. The molecule has 0 bridgehead atoms. The van der Waals surface area contributed by atoms with E-state index in [1.807, 2.05) is 18.2 Å². The summed E-state index contributed by atoms with van der Waals surface area (Å²) in [6, 6.07) is 10.8. The van der Waals surface area contributed by atoms with E-state index in [9.17, 15) is 4.79 Å². The van der Waals surface area contributed by atoms with Crippen molar-refractivity contribution in [1.82, 2.24) is 19.7 Å². The van der Waals surface area contributed by atoms with Crippen LogP contribution in [0.25, 0.3) is 5.69 Å². The highest BCUT2D eigenvalue weighted by molar-refractivity contribution is 7.99. The first kappa shape index (κ1) is 18.2. The van der Waals surface area contributed by atoms with E-state index in [0.717, 1.165) is 35.6 Å². The Hall–Kier alpha value is -1.82. The number of carbonyl (C=O) groups excluding carboxylic acids is 1. The van der Waals surface area contributed by atoms with Gasteiger partial charge >= 0.3 is 0 Å². The van der Waals surface area contributed by atoms with Gasteiger partial charge in [0.25, 0.3) is 0 Å². The molecule has 1 saturated heterocycles. The lowest BCUT2D eigenvalue weighted by molar-refractivity contribution is -0.134. The lowest BCUT2D eigenvalue weighted by Gasteiger charge is -2.44. The average Bonchev–Trinajstić information content (AvgIpc) is 3.51. The number of carbonyl (C=O) groups is 1. The van der Waals surface area contributed by atoms with Crippen LogP contribution in [-0.2, 0) is 4.79 Å². The average molecular weight is 397 g/mol. The molecule has 2 aliphatic carbocycles. The molecule has 2 unspecified atom stereocenters. The lowest BCUT2D eigenvalue weighted by Crippen LogP contribution is -2.50. The minimum absolute atomic E-state index is 0.275. The first-order chi connectivity index (χ1) is 13.8. The van der Waals surface area contributed by atoms with Crippen molar-refractivity contribution in [3.8, 4) is 5.69 Å². The Morgan fingerprint density at radius 1 is 1.00 bits per heavy atom. The van der Waals surface area contributed by atoms with E-state index >= 15 is 0 Å². The van der Waals surface area contributed by atoms with Gasteiger partial charge in [-0.1, -0.05) is 42.8 Å². The molecule has 148 valence electrons. The SMILES string of the molecule is O=C(CSc1nnc(C2CC2)n1-c1ccccc1)N1CCCC2CCCCC21. The van der Waals surface area contributed by atoms with Crippen LogP contribution in [0.4, 0.5) is 0 Å². The maximum Gasteiger partial charge on any atom is 0.233 e. The van der Waals surface area contributed by atoms with Gasteiger partial charge in [0.15, 0.2) is 5.16 Å². The van der Waals surface area contributed by atoms with E-state index < -0.39 is 0 Å². The van der Waals surface area contributed by atoms with Crippen molar-refractivity contribution in [3.05, 3.63) is 36.2 Å². The monoisotopic (exact) mass is 396 g/mol. The summed E-state index contributed by atoms with van der Waals surface area (Å²) < 4.78 is 2.16. The maximum absolute atomic E-state index is 13.1. The normalized spacial score (nSPS) is 24.8. The van der Waals surface area contributed by atoms with Crippen LogP contribution in [0.5, 0.6) is 0 Å². The highest BCUT2D eigenvalue weighted by Crippen LogP contribution is 2.41. The Labute approximate surface area is 170 Å². The number of likely N-dealkylation sites (tertiary alicyclic amines) is 1. The van der Waals surface area contributed by atoms with Crippen molar-refractivity contribution in [2.45, 2.75) is 68.5 Å². The predicted octanol–water partition coefficient (Wildman–Crippen LogP) is 4.42. The molecule has 6 heteroatoms. The molecule has 5 rings (SSSR count). The molecule has 0 radical (unpaired) electrons. The summed E-state index contributed by atoms with van der Waals surface area (Å²) in [6.45, 7) is 0.930. The van der Waals surface area contributed by atoms with Crippen LogP contribution in [-0.4, -0.2) is 43.9 Å². The van der Waals surface area contributed by atoms with Gasteiger partial charge in [0.05, 0.1) is 5.75 Å². The van der Waals surface area contributed by atoms with Crippen LogP contribution in [0, 0.1) is 5.92 Å². The zero-order chi connectivity index (χ0) is 18.9. The second kappa shape index (κ2) is 7.90. The zero-order valence-electron chi connectivity index (χ0n) is 16.3. The molecule has 1 aromatic heterocycles. The van der Waals surface area contributed by atoms with Crippen LogP contribution in [0.1, 0.15) is 63.1 Å². The molecule has 1 aliphatic heterocycles. The van der Waals surface area contributed by atoms with Gasteiger partial charge in [0.2, 0.25) is 5.91 Å². The van der Waals surface area contributed by atoms with Gasteiger partial charge in [-0.05, 0) is 56.6 Å². The largest absolute Gasteiger partial charge is 0.339 e. The van der Waals surface area contributed by atoms with Gasteiger partial charge in [-0.25, -0.2) is 0 Å². The number of fused-ring (bicyclic) bond motifs is 1. The molecule has 2 heterocycles. The zero-order valence-corrected chi connectivity index (χ0v) is 17.1. The first-order valence-corrected chi connectivity index (χ1v) is 11.7. The number of hydrogen-bond acceptors (Lipinski definition) is 4. The van der Waals surface area contributed by atoms with Crippen LogP contribution in [0.3, 0.4) is 0 Å². The Bertz CT molecular complexity index is 830. The smallest absolute Gasteiger partial charge is 0.233 e. The molecule has 1 aromatic carbocycles. The van der Waals surface area contributed by atoms with Crippen molar-refractivity contribution < 1.29 is 4.79 Å². The van der Waals surface area contributed by atoms with E-state index in [-0.39, 0.29) is 5.91 Å². The number of amides is 1. The molecule has 2 atom stereocenters. The molecule has 2 aromatic rings. The number of hydrogen-bond donors (Lipinski definition) is 0. The summed E-state index contributed by atoms with van der Waals surface area (Å²) in [7, 11) is 0. The van der Waals surface area contributed by atoms with Crippen LogP contribution < -0.4 is 0 Å². The molecule has 5 nitrogen and oxygen atoms in total. The predicted molar refractivity (Wildman–Crippen MR) is 111 cm³/mol. The number of piperidine rings is 1. The Kier molecular flexibility index (Phi) is 5.14. The van der Waals surface area contributed by atoms with E-state index in [4.69, 9.17) is 0 Å². The third-order valence-electron chi connectivity index (χ3n) is 6.50. The summed E-state index contributed by atoms with van der Waals surface area (Å²) in [4.78, 5) is 15.3. The highest BCUT2D eigenvalue weighted by atomic mass is 32.2. The molecular formula is C22H28N4OS. The van der Waals surface area contributed by atoms with Crippen LogP contribution in [0.2, 0.25) is 0 Å². The molecule has 3 fully saturated rings. The third-order valence-corrected chi connectivity index (χ3v) is 7.42. The van der Waals surface area contributed by atoms with Crippen molar-refractivity contribution >= 4 is 17.7 Å². The van der Waals surface area contributed by atoms with Crippen LogP contribution in [0.15, 0.2) is 35.5 Å². The van der Waals surface area contributed by atoms with Crippen molar-refractivity contribution in [2.24, 2.45) is 5.92 Å². The maximum atomic E-state index is 13.1. The molecule has 2 saturated carbocycles. The van der Waals surface area contributed by atoms with Gasteiger partial charge in [-0.3, -0.25) is 9.36 Å². The number of benzene rings is 1. The summed E-state index contributed by atoms with van der Waals surface area (Å²) >= 11 is 1.55. The second-order valence-corrected chi connectivity index (χ2v) is 9.36. The number of para-hydroxylation sites is 1. The number of aromatic nitrogens is 3. The topological polar surface area (TPSA) is 51.0 Å². The Morgan fingerprint density at radius 2 is 1.79 bits per heavy atom. The van der Waals surface area contributed by atoms with Gasteiger partial charge in [-0.2, -0.15) is 0 Å². The molecule has 28 heavy (non-hydrogen) atoms. The summed E-state index contributed by atoms with van der Waals surface area (Å²) in [6.07, 6.45) is 9.92. The Morgan fingerprint density at radius 3 is 2.61 bits per heavy atom. The first-order valence-electron chi connectivity index (χ1n) is 10.7. The Balaban J connectivity index is 1.32. The molecular weight excluding hydrogens is 368 g/mol. The summed E-state index contributed by atoms with van der Waals surface area (Å²) in [5.74, 6) is 3.02. The van der Waals surface area contributed by atoms with Crippen molar-refractivity contribution in [3.63, 3.8) is 0 Å². The molecule has 1 amide bonds. The molecule has 0 N–H and O–H groups in total. The van der Waals surface area contributed by atoms with Crippen molar-refractivity contribution in [1.29, 1.82) is 0 Å². The van der Waals surface area contributed by atoms with E-state index in [1.165, 1.54) is 44.9 Å². The van der Waals surface area contributed by atoms with Gasteiger partial charge in [-0.15, -0.1) is 10.2 Å². The van der Waals surface area contributed by atoms with E-state index in [0.29, 0.717) is 17.7 Å². The van der Waals surface area contributed by atoms with Crippen molar-refractivity contribution in [2.75, 3.05) is 12.3 Å². The standard InChI is InChI=1S/C22H28N4OS/c27-20(25-14-6-8-16-7-4-5-11-19(16)25)15-28-22-24-23-21(17-12-13-17)26(22)18-9-2-1-3-10-18/h1-3,9-10,16-17,19H,4-8,11-15H2. The number of thioether (sulfide) groups is 1. The fourth-order valence-corrected chi connectivity index (χ4v) is 5.79. The molecule has 0 spiro atoms.